The van der Waals surface area contributed by atoms with Crippen molar-refractivity contribution in [1.29, 1.82) is 0 Å². The van der Waals surface area contributed by atoms with Crippen LogP contribution in [-0.2, 0) is 11.2 Å². The summed E-state index contributed by atoms with van der Waals surface area (Å²) in [6.07, 6.45) is 3.38. The van der Waals surface area contributed by atoms with Crippen LogP contribution in [0.2, 0.25) is 0 Å². The molecule has 4 nitrogen and oxygen atoms in total. The molecule has 1 aliphatic carbocycles. The summed E-state index contributed by atoms with van der Waals surface area (Å²) in [4.78, 5) is 11.3. The average Bonchev–Trinajstić information content (AvgIpc) is 2.67. The Hall–Kier alpha value is -1.23. The van der Waals surface area contributed by atoms with Gasteiger partial charge in [0, 0.05) is 17.3 Å². The summed E-state index contributed by atoms with van der Waals surface area (Å²) in [5, 5.41) is 9.25. The Bertz CT molecular complexity index is 575. The Balaban J connectivity index is 1.88. The number of aliphatic carboxylic acids is 1. The predicted molar refractivity (Wildman–Crippen MR) is 77.1 cm³/mol. The molecule has 0 aromatic heterocycles. The van der Waals surface area contributed by atoms with E-state index in [4.69, 9.17) is 9.47 Å². The first-order valence-electron chi connectivity index (χ1n) is 6.75. The van der Waals surface area contributed by atoms with Crippen molar-refractivity contribution in [3.63, 3.8) is 0 Å². The van der Waals surface area contributed by atoms with E-state index in [2.05, 4.69) is 15.9 Å². The zero-order chi connectivity index (χ0) is 14.5. The third-order valence-electron chi connectivity index (χ3n) is 4.03. The van der Waals surface area contributed by atoms with Crippen LogP contribution in [0.15, 0.2) is 16.6 Å². The molecule has 1 heterocycles. The minimum atomic E-state index is -0.815. The monoisotopic (exact) mass is 340 g/mol. The van der Waals surface area contributed by atoms with Crippen LogP contribution in [0.4, 0.5) is 0 Å². The average molecular weight is 341 g/mol. The number of hydrogen-bond acceptors (Lipinski definition) is 3. The van der Waals surface area contributed by atoms with Crippen LogP contribution >= 0.6 is 15.9 Å². The third-order valence-corrected chi connectivity index (χ3v) is 4.77. The Morgan fingerprint density at radius 3 is 2.45 bits per heavy atom. The van der Waals surface area contributed by atoms with Crippen molar-refractivity contribution in [2.75, 3.05) is 0 Å². The summed E-state index contributed by atoms with van der Waals surface area (Å²) in [6.45, 7) is 3.44. The highest BCUT2D eigenvalue weighted by Crippen LogP contribution is 2.50. The maximum Gasteiger partial charge on any atom is 0.309 e. The van der Waals surface area contributed by atoms with Crippen molar-refractivity contribution in [3.8, 4) is 11.5 Å². The molecule has 0 unspecified atom stereocenters. The second kappa shape index (κ2) is 4.38. The van der Waals surface area contributed by atoms with Crippen molar-refractivity contribution in [2.45, 2.75) is 45.3 Å². The van der Waals surface area contributed by atoms with E-state index in [1.54, 1.807) is 13.8 Å². The number of hydrogen-bond donors (Lipinski definition) is 1. The predicted octanol–water partition coefficient (Wildman–Crippen LogP) is 3.75. The smallest absolute Gasteiger partial charge is 0.309 e. The quantitative estimate of drug-likeness (QED) is 0.910. The molecule has 0 radical (unpaired) electrons. The molecule has 1 N–H and O–H groups in total. The summed E-state index contributed by atoms with van der Waals surface area (Å²) in [5.74, 6) is 0.206. The summed E-state index contributed by atoms with van der Waals surface area (Å²) >= 11 is 3.50. The van der Waals surface area contributed by atoms with Crippen LogP contribution < -0.4 is 9.47 Å². The van der Waals surface area contributed by atoms with Crippen molar-refractivity contribution < 1.29 is 19.4 Å². The molecule has 108 valence electrons. The first-order chi connectivity index (χ1) is 9.31. The van der Waals surface area contributed by atoms with E-state index in [1.807, 2.05) is 12.1 Å². The van der Waals surface area contributed by atoms with Crippen LogP contribution in [0.5, 0.6) is 11.5 Å². The number of benzene rings is 1. The van der Waals surface area contributed by atoms with Crippen molar-refractivity contribution in [2.24, 2.45) is 5.41 Å². The number of halogens is 1. The molecule has 0 saturated heterocycles. The zero-order valence-electron chi connectivity index (χ0n) is 11.5. The lowest BCUT2D eigenvalue weighted by molar-refractivity contribution is -0.146. The van der Waals surface area contributed by atoms with Gasteiger partial charge in [-0.05, 0) is 44.4 Å². The van der Waals surface area contributed by atoms with E-state index < -0.39 is 17.2 Å². The normalized spacial score (nSPS) is 18.9. The molecule has 0 amide bonds. The minimum absolute atomic E-state index is 0.437. The van der Waals surface area contributed by atoms with Gasteiger partial charge in [0.25, 0.3) is 5.79 Å². The first-order valence-corrected chi connectivity index (χ1v) is 7.55. The third kappa shape index (κ3) is 2.18. The van der Waals surface area contributed by atoms with Gasteiger partial charge in [-0.1, -0.05) is 15.9 Å². The fourth-order valence-corrected chi connectivity index (χ4v) is 2.98. The van der Waals surface area contributed by atoms with Crippen LogP contribution in [0.25, 0.3) is 0 Å². The van der Waals surface area contributed by atoms with Gasteiger partial charge in [0.15, 0.2) is 11.5 Å². The van der Waals surface area contributed by atoms with Crippen LogP contribution in [0.1, 0.15) is 38.7 Å². The SMILES string of the molecule is CC(C)(Cc1cc2c(cc1Br)OC1(CCC1)O2)C(=O)O. The largest absolute Gasteiger partial charge is 0.481 e. The van der Waals surface area contributed by atoms with E-state index in [1.165, 1.54) is 0 Å². The van der Waals surface area contributed by atoms with Gasteiger partial charge in [-0.15, -0.1) is 0 Å². The summed E-state index contributed by atoms with van der Waals surface area (Å²) < 4.78 is 12.7. The summed E-state index contributed by atoms with van der Waals surface area (Å²) in [7, 11) is 0. The molecule has 1 aromatic rings. The zero-order valence-corrected chi connectivity index (χ0v) is 13.1. The van der Waals surface area contributed by atoms with Gasteiger partial charge in [-0.25, -0.2) is 0 Å². The van der Waals surface area contributed by atoms with Gasteiger partial charge in [-0.2, -0.15) is 0 Å². The molecule has 5 heteroatoms. The maximum absolute atomic E-state index is 11.3. The Labute approximate surface area is 126 Å². The van der Waals surface area contributed by atoms with E-state index >= 15 is 0 Å². The van der Waals surface area contributed by atoms with Gasteiger partial charge < -0.3 is 14.6 Å². The van der Waals surface area contributed by atoms with Crippen molar-refractivity contribution >= 4 is 21.9 Å². The molecule has 20 heavy (non-hydrogen) atoms. The molecular weight excluding hydrogens is 324 g/mol. The standard InChI is InChI=1S/C15H17BrO4/c1-14(2,13(17)18)8-9-6-11-12(7-10(9)16)20-15(19-11)4-3-5-15/h6-7H,3-5,8H2,1-2H3,(H,17,18). The Kier molecular flexibility index (Phi) is 3.01. The molecule has 0 bridgehead atoms. The summed E-state index contributed by atoms with van der Waals surface area (Å²) in [6, 6.07) is 3.78. The van der Waals surface area contributed by atoms with Crippen LogP contribution in [0.3, 0.4) is 0 Å². The fraction of sp³-hybridized carbons (Fsp3) is 0.533. The van der Waals surface area contributed by atoms with Crippen molar-refractivity contribution in [1.82, 2.24) is 0 Å². The van der Waals surface area contributed by atoms with Gasteiger partial charge in [0.05, 0.1) is 5.41 Å². The fourth-order valence-electron chi connectivity index (χ4n) is 2.52. The maximum atomic E-state index is 11.3. The number of rotatable bonds is 3. The summed E-state index contributed by atoms with van der Waals surface area (Å²) in [5.41, 5.74) is 0.112. The minimum Gasteiger partial charge on any atom is -0.481 e. The van der Waals surface area contributed by atoms with E-state index in [9.17, 15) is 9.90 Å². The second-order valence-corrected chi connectivity index (χ2v) is 7.08. The lowest BCUT2D eigenvalue weighted by Gasteiger charge is -2.35. The van der Waals surface area contributed by atoms with Gasteiger partial charge >= 0.3 is 5.97 Å². The molecule has 1 aliphatic heterocycles. The highest BCUT2D eigenvalue weighted by atomic mass is 79.9. The molecule has 3 rings (SSSR count). The van der Waals surface area contributed by atoms with E-state index in [-0.39, 0.29) is 0 Å². The Morgan fingerprint density at radius 1 is 1.35 bits per heavy atom. The number of ether oxygens (including phenoxy) is 2. The molecule has 2 aliphatic rings. The number of carboxylic acid groups (broad SMARTS) is 1. The highest BCUT2D eigenvalue weighted by molar-refractivity contribution is 9.10. The van der Waals surface area contributed by atoms with Gasteiger partial charge in [0.1, 0.15) is 0 Å². The number of fused-ring (bicyclic) bond motifs is 1. The van der Waals surface area contributed by atoms with Crippen LogP contribution in [-0.4, -0.2) is 16.9 Å². The molecule has 1 saturated carbocycles. The van der Waals surface area contributed by atoms with Gasteiger partial charge in [-0.3, -0.25) is 4.79 Å². The second-order valence-electron chi connectivity index (χ2n) is 6.22. The number of carbonyl (C=O) groups is 1. The molecule has 1 spiro atoms. The number of carboxylic acids is 1. The molecular formula is C15H17BrO4. The van der Waals surface area contributed by atoms with E-state index in [0.717, 1.165) is 40.8 Å². The topological polar surface area (TPSA) is 55.8 Å². The lowest BCUT2D eigenvalue weighted by atomic mass is 9.86. The molecule has 1 fully saturated rings. The van der Waals surface area contributed by atoms with E-state index in [0.29, 0.717) is 6.42 Å². The van der Waals surface area contributed by atoms with Crippen LogP contribution in [0, 0.1) is 5.41 Å². The highest BCUT2D eigenvalue weighted by Gasteiger charge is 2.47. The Morgan fingerprint density at radius 2 is 1.95 bits per heavy atom. The van der Waals surface area contributed by atoms with Crippen molar-refractivity contribution in [3.05, 3.63) is 22.2 Å². The first kappa shape index (κ1) is 13.7. The lowest BCUT2D eigenvalue weighted by Crippen LogP contribution is -2.45. The van der Waals surface area contributed by atoms with Gasteiger partial charge in [0.2, 0.25) is 0 Å². The molecule has 0 atom stereocenters. The molecule has 1 aromatic carbocycles.